The summed E-state index contributed by atoms with van der Waals surface area (Å²) in [7, 11) is 0. The summed E-state index contributed by atoms with van der Waals surface area (Å²) in [6.45, 7) is 1.59. The first-order chi connectivity index (χ1) is 12.8. The van der Waals surface area contributed by atoms with Gasteiger partial charge in [-0.15, -0.1) is 0 Å². The number of carbonyl (C=O) groups is 2. The number of benzene rings is 2. The van der Waals surface area contributed by atoms with E-state index in [9.17, 15) is 14.0 Å². The number of amides is 2. The summed E-state index contributed by atoms with van der Waals surface area (Å²) in [5, 5.41) is 2.25. The highest BCUT2D eigenvalue weighted by Gasteiger charge is 2.11. The highest BCUT2D eigenvalue weighted by molar-refractivity contribution is 9.11. The van der Waals surface area contributed by atoms with E-state index >= 15 is 0 Å². The van der Waals surface area contributed by atoms with Gasteiger partial charge in [0.2, 0.25) is 0 Å². The Hall–Kier alpha value is -2.04. The number of rotatable bonds is 4. The Morgan fingerprint density at radius 3 is 2.44 bits per heavy atom. The largest absolute Gasteiger partial charge is 0.482 e. The molecule has 0 atom stereocenters. The summed E-state index contributed by atoms with van der Waals surface area (Å²) < 4.78 is 19.9. The molecule has 6 nitrogen and oxygen atoms in total. The molecule has 0 heterocycles. The van der Waals surface area contributed by atoms with Crippen molar-refractivity contribution in [1.82, 2.24) is 16.2 Å². The van der Waals surface area contributed by atoms with Gasteiger partial charge in [-0.05, 0) is 77.0 Å². The van der Waals surface area contributed by atoms with Gasteiger partial charge < -0.3 is 4.74 Å². The molecular weight excluding hydrogens is 505 g/mol. The first kappa shape index (κ1) is 21.3. The summed E-state index contributed by atoms with van der Waals surface area (Å²) in [4.78, 5) is 23.8. The number of halogens is 3. The number of ether oxygens (including phenoxy) is 1. The molecule has 10 heteroatoms. The number of hydrogen-bond donors (Lipinski definition) is 3. The van der Waals surface area contributed by atoms with E-state index in [0.29, 0.717) is 10.2 Å². The minimum absolute atomic E-state index is 0.112. The molecule has 0 radical (unpaired) electrons. The van der Waals surface area contributed by atoms with Crippen molar-refractivity contribution in [2.75, 3.05) is 6.61 Å². The lowest BCUT2D eigenvalue weighted by atomic mass is 10.2. The van der Waals surface area contributed by atoms with Crippen LogP contribution in [-0.2, 0) is 4.79 Å². The average molecular weight is 519 g/mol. The first-order valence-electron chi connectivity index (χ1n) is 7.50. The van der Waals surface area contributed by atoms with E-state index in [1.165, 1.54) is 12.1 Å². The van der Waals surface area contributed by atoms with Crippen LogP contribution in [0, 0.1) is 12.7 Å². The highest BCUT2D eigenvalue weighted by atomic mass is 79.9. The van der Waals surface area contributed by atoms with Crippen LogP contribution in [0.5, 0.6) is 5.75 Å². The molecule has 0 saturated carbocycles. The van der Waals surface area contributed by atoms with Crippen molar-refractivity contribution >= 4 is 61.0 Å². The highest BCUT2D eigenvalue weighted by Crippen LogP contribution is 2.32. The van der Waals surface area contributed by atoms with Crippen molar-refractivity contribution in [3.63, 3.8) is 0 Å². The van der Waals surface area contributed by atoms with Crippen molar-refractivity contribution in [1.29, 1.82) is 0 Å². The van der Waals surface area contributed by atoms with Crippen molar-refractivity contribution in [3.8, 4) is 5.75 Å². The van der Waals surface area contributed by atoms with Gasteiger partial charge in [-0.2, -0.15) is 0 Å². The molecule has 0 fully saturated rings. The third-order valence-corrected chi connectivity index (χ3v) is 4.44. The summed E-state index contributed by atoms with van der Waals surface area (Å²) in [6, 6.07) is 8.62. The minimum Gasteiger partial charge on any atom is -0.482 e. The van der Waals surface area contributed by atoms with Crippen LogP contribution in [-0.4, -0.2) is 23.5 Å². The summed E-state index contributed by atoms with van der Waals surface area (Å²) >= 11 is 11.7. The molecule has 142 valence electrons. The third-order valence-electron chi connectivity index (χ3n) is 3.19. The predicted molar refractivity (Wildman–Crippen MR) is 110 cm³/mol. The summed E-state index contributed by atoms with van der Waals surface area (Å²) in [5.41, 5.74) is 5.78. The number of nitrogens with one attached hydrogen (secondary N) is 3. The normalized spacial score (nSPS) is 10.1. The maximum absolute atomic E-state index is 12.9. The van der Waals surface area contributed by atoms with Crippen LogP contribution in [0.4, 0.5) is 4.39 Å². The smallest absolute Gasteiger partial charge is 0.276 e. The molecule has 0 aromatic heterocycles. The molecule has 2 aromatic rings. The Balaban J connectivity index is 1.79. The van der Waals surface area contributed by atoms with Crippen molar-refractivity contribution < 1.29 is 18.7 Å². The minimum atomic E-state index is -0.535. The first-order valence-corrected chi connectivity index (χ1v) is 9.50. The molecule has 0 unspecified atom stereocenters. The van der Waals surface area contributed by atoms with E-state index in [4.69, 9.17) is 17.0 Å². The topological polar surface area (TPSA) is 79.5 Å². The summed E-state index contributed by atoms with van der Waals surface area (Å²) in [5.74, 6) is -0.942. The fourth-order valence-corrected chi connectivity index (χ4v) is 3.68. The summed E-state index contributed by atoms with van der Waals surface area (Å²) in [6.07, 6.45) is 0. The maximum Gasteiger partial charge on any atom is 0.276 e. The quantitative estimate of drug-likeness (QED) is 0.427. The Morgan fingerprint density at radius 2 is 1.81 bits per heavy atom. The fourth-order valence-electron chi connectivity index (χ4n) is 1.98. The molecule has 0 aliphatic heterocycles. The van der Waals surface area contributed by atoms with E-state index in [2.05, 4.69) is 48.0 Å². The van der Waals surface area contributed by atoms with Gasteiger partial charge in [0.15, 0.2) is 11.7 Å². The van der Waals surface area contributed by atoms with Crippen LogP contribution in [0.15, 0.2) is 45.3 Å². The van der Waals surface area contributed by atoms with Crippen LogP contribution in [0.3, 0.4) is 0 Å². The SMILES string of the molecule is Cc1cc(Br)cc(Br)c1OCC(=O)NNC(=S)NC(=O)c1ccc(F)cc1. The van der Waals surface area contributed by atoms with Gasteiger partial charge in [0.25, 0.3) is 11.8 Å². The maximum atomic E-state index is 12.9. The monoisotopic (exact) mass is 517 g/mol. The van der Waals surface area contributed by atoms with Crippen LogP contribution in [0.2, 0.25) is 0 Å². The number of thiocarbonyl (C=S) groups is 1. The van der Waals surface area contributed by atoms with Gasteiger partial charge in [-0.1, -0.05) is 15.9 Å². The molecule has 0 bridgehead atoms. The van der Waals surface area contributed by atoms with Gasteiger partial charge in [-0.3, -0.25) is 25.8 Å². The van der Waals surface area contributed by atoms with Crippen molar-refractivity contribution in [2.24, 2.45) is 0 Å². The Kier molecular flexibility index (Phi) is 7.69. The van der Waals surface area contributed by atoms with Crippen LogP contribution >= 0.6 is 44.1 Å². The molecule has 3 N–H and O–H groups in total. The number of carbonyl (C=O) groups excluding carboxylic acids is 2. The van der Waals surface area contributed by atoms with E-state index in [-0.39, 0.29) is 17.3 Å². The lowest BCUT2D eigenvalue weighted by Gasteiger charge is -2.13. The number of hydrazine groups is 1. The molecule has 0 spiro atoms. The molecule has 27 heavy (non-hydrogen) atoms. The second-order valence-electron chi connectivity index (χ2n) is 5.29. The molecular formula is C17H14Br2FN3O3S. The second-order valence-corrected chi connectivity index (χ2v) is 7.46. The van der Waals surface area contributed by atoms with Gasteiger partial charge >= 0.3 is 0 Å². The average Bonchev–Trinajstić information content (AvgIpc) is 2.59. The molecule has 2 amide bonds. The second kappa shape index (κ2) is 9.77. The van der Waals surface area contributed by atoms with Gasteiger partial charge in [0.1, 0.15) is 11.6 Å². The standard InChI is InChI=1S/C17H14Br2FN3O3S/c1-9-6-11(18)7-13(19)15(9)26-8-14(24)22-23-17(27)21-16(25)10-2-4-12(20)5-3-10/h2-7H,8H2,1H3,(H,22,24)(H2,21,23,25,27). The van der Waals surface area contributed by atoms with E-state index in [1.807, 2.05) is 13.0 Å². The molecule has 0 aliphatic carbocycles. The molecule has 2 rings (SSSR count). The van der Waals surface area contributed by atoms with Crippen LogP contribution in [0.25, 0.3) is 0 Å². The zero-order valence-electron chi connectivity index (χ0n) is 13.9. The van der Waals surface area contributed by atoms with E-state index in [1.54, 1.807) is 6.07 Å². The van der Waals surface area contributed by atoms with Crippen molar-refractivity contribution in [3.05, 3.63) is 62.3 Å². The molecule has 2 aromatic carbocycles. The van der Waals surface area contributed by atoms with Crippen molar-refractivity contribution in [2.45, 2.75) is 6.92 Å². The van der Waals surface area contributed by atoms with E-state index in [0.717, 1.165) is 22.2 Å². The van der Waals surface area contributed by atoms with E-state index < -0.39 is 17.6 Å². The molecule has 0 saturated heterocycles. The third kappa shape index (κ3) is 6.56. The Morgan fingerprint density at radius 1 is 1.15 bits per heavy atom. The van der Waals surface area contributed by atoms with Gasteiger partial charge in [0, 0.05) is 10.0 Å². The Bertz CT molecular complexity index is 855. The number of aryl methyl sites for hydroxylation is 1. The van der Waals surface area contributed by atoms with Gasteiger partial charge in [0.05, 0.1) is 4.47 Å². The lowest BCUT2D eigenvalue weighted by Crippen LogP contribution is -2.49. The predicted octanol–water partition coefficient (Wildman–Crippen LogP) is 3.37. The van der Waals surface area contributed by atoms with Crippen LogP contribution < -0.4 is 20.9 Å². The van der Waals surface area contributed by atoms with Crippen LogP contribution in [0.1, 0.15) is 15.9 Å². The Labute approximate surface area is 177 Å². The lowest BCUT2D eigenvalue weighted by molar-refractivity contribution is -0.123. The zero-order chi connectivity index (χ0) is 20.0. The fraction of sp³-hybridized carbons (Fsp3) is 0.118. The van der Waals surface area contributed by atoms with Gasteiger partial charge in [-0.25, -0.2) is 4.39 Å². The number of hydrogen-bond acceptors (Lipinski definition) is 4. The zero-order valence-corrected chi connectivity index (χ0v) is 17.9. The molecule has 0 aliphatic rings.